The lowest BCUT2D eigenvalue weighted by molar-refractivity contribution is 0.529. The summed E-state index contributed by atoms with van der Waals surface area (Å²) in [5, 5.41) is 4.33. The molecule has 1 unspecified atom stereocenters. The Morgan fingerprint density at radius 1 is 1.16 bits per heavy atom. The number of hydrogen-bond acceptors (Lipinski definition) is 1. The first-order valence-electron chi connectivity index (χ1n) is 6.48. The lowest BCUT2D eigenvalue weighted by atomic mass is 10.1. The van der Waals surface area contributed by atoms with Gasteiger partial charge in [0.05, 0.1) is 0 Å². The first kappa shape index (κ1) is 12.6. The zero-order valence-electron chi connectivity index (χ0n) is 10.5. The van der Waals surface area contributed by atoms with Crippen LogP contribution in [-0.4, -0.2) is 0 Å². The lowest BCUT2D eigenvalue weighted by Gasteiger charge is -2.14. The van der Waals surface area contributed by atoms with E-state index >= 15 is 0 Å². The second-order valence-electron chi connectivity index (χ2n) is 4.94. The Morgan fingerprint density at radius 2 is 1.95 bits per heavy atom. The molecule has 19 heavy (non-hydrogen) atoms. The molecule has 0 radical (unpaired) electrons. The molecule has 1 N–H and O–H groups in total. The fourth-order valence-corrected chi connectivity index (χ4v) is 2.84. The zero-order chi connectivity index (χ0) is 13.2. The Balaban J connectivity index is 1.68. The van der Waals surface area contributed by atoms with Gasteiger partial charge in [-0.1, -0.05) is 29.8 Å². The second-order valence-corrected chi connectivity index (χ2v) is 5.38. The Bertz CT molecular complexity index is 580. The van der Waals surface area contributed by atoms with Crippen molar-refractivity contribution in [3.8, 4) is 0 Å². The van der Waals surface area contributed by atoms with Crippen LogP contribution in [0.3, 0.4) is 0 Å². The Labute approximate surface area is 117 Å². The molecule has 0 aliphatic heterocycles. The van der Waals surface area contributed by atoms with Crippen LogP contribution in [0.15, 0.2) is 42.5 Å². The molecule has 3 rings (SSSR count). The van der Waals surface area contributed by atoms with Crippen molar-refractivity contribution in [2.75, 3.05) is 0 Å². The number of benzene rings is 2. The van der Waals surface area contributed by atoms with Crippen molar-refractivity contribution in [1.82, 2.24) is 5.32 Å². The highest BCUT2D eigenvalue weighted by molar-refractivity contribution is 6.30. The van der Waals surface area contributed by atoms with Crippen molar-refractivity contribution >= 4 is 11.6 Å². The number of aryl methyl sites for hydroxylation is 1. The van der Waals surface area contributed by atoms with Crippen LogP contribution in [0.4, 0.5) is 4.39 Å². The van der Waals surface area contributed by atoms with E-state index in [1.807, 2.05) is 18.2 Å². The van der Waals surface area contributed by atoms with E-state index in [1.165, 1.54) is 23.3 Å². The van der Waals surface area contributed by atoms with Gasteiger partial charge in [0, 0.05) is 17.6 Å². The minimum atomic E-state index is -0.190. The molecular weight excluding hydrogens is 261 g/mol. The highest BCUT2D eigenvalue weighted by atomic mass is 35.5. The number of rotatable bonds is 3. The van der Waals surface area contributed by atoms with Crippen molar-refractivity contribution < 1.29 is 4.39 Å². The predicted molar refractivity (Wildman–Crippen MR) is 75.8 cm³/mol. The van der Waals surface area contributed by atoms with E-state index in [2.05, 4.69) is 17.4 Å². The standard InChI is InChI=1S/C16H15ClFN/c17-13-4-7-15-12(9-13)3-8-16(15)19-10-11-1-5-14(18)6-2-11/h1-2,4-7,9,16,19H,3,8,10H2. The molecule has 1 aliphatic carbocycles. The number of hydrogen-bond donors (Lipinski definition) is 1. The van der Waals surface area contributed by atoms with Crippen molar-refractivity contribution in [3.05, 3.63) is 70.0 Å². The van der Waals surface area contributed by atoms with E-state index < -0.39 is 0 Å². The molecule has 0 bridgehead atoms. The van der Waals surface area contributed by atoms with Gasteiger partial charge in [-0.2, -0.15) is 0 Å². The normalized spacial score (nSPS) is 17.5. The van der Waals surface area contributed by atoms with E-state index in [9.17, 15) is 4.39 Å². The maximum atomic E-state index is 12.8. The largest absolute Gasteiger partial charge is 0.306 e. The Hall–Kier alpha value is -1.38. The molecule has 1 aliphatic rings. The Kier molecular flexibility index (Phi) is 3.54. The molecule has 0 saturated carbocycles. The molecule has 0 amide bonds. The summed E-state index contributed by atoms with van der Waals surface area (Å²) in [6.07, 6.45) is 2.16. The summed E-state index contributed by atoms with van der Waals surface area (Å²) in [5.41, 5.74) is 3.78. The van der Waals surface area contributed by atoms with Crippen LogP contribution in [-0.2, 0) is 13.0 Å². The zero-order valence-corrected chi connectivity index (χ0v) is 11.3. The van der Waals surface area contributed by atoms with Crippen LogP contribution in [0.5, 0.6) is 0 Å². The van der Waals surface area contributed by atoms with E-state index in [0.29, 0.717) is 6.04 Å². The summed E-state index contributed by atoms with van der Waals surface area (Å²) in [6.45, 7) is 0.757. The van der Waals surface area contributed by atoms with Gasteiger partial charge in [0.2, 0.25) is 0 Å². The number of fused-ring (bicyclic) bond motifs is 1. The molecule has 98 valence electrons. The lowest BCUT2D eigenvalue weighted by Crippen LogP contribution is -2.18. The molecule has 0 saturated heterocycles. The van der Waals surface area contributed by atoms with Crippen molar-refractivity contribution in [1.29, 1.82) is 0 Å². The van der Waals surface area contributed by atoms with Gasteiger partial charge in [0.15, 0.2) is 0 Å². The SMILES string of the molecule is Fc1ccc(CNC2CCc3cc(Cl)ccc32)cc1. The summed E-state index contributed by atoms with van der Waals surface area (Å²) in [7, 11) is 0. The van der Waals surface area contributed by atoms with E-state index in [0.717, 1.165) is 30.0 Å². The van der Waals surface area contributed by atoms with Crippen LogP contribution >= 0.6 is 11.6 Å². The monoisotopic (exact) mass is 275 g/mol. The van der Waals surface area contributed by atoms with E-state index in [4.69, 9.17) is 11.6 Å². The minimum Gasteiger partial charge on any atom is -0.306 e. The third kappa shape index (κ3) is 2.80. The average molecular weight is 276 g/mol. The van der Waals surface area contributed by atoms with Gasteiger partial charge in [-0.25, -0.2) is 4.39 Å². The van der Waals surface area contributed by atoms with Crippen molar-refractivity contribution in [2.24, 2.45) is 0 Å². The predicted octanol–water partition coefficient (Wildman–Crippen LogP) is 4.26. The van der Waals surface area contributed by atoms with Crippen LogP contribution < -0.4 is 5.32 Å². The van der Waals surface area contributed by atoms with Crippen molar-refractivity contribution in [2.45, 2.75) is 25.4 Å². The molecule has 2 aromatic rings. The Morgan fingerprint density at radius 3 is 2.74 bits per heavy atom. The van der Waals surface area contributed by atoms with Gasteiger partial charge in [0.25, 0.3) is 0 Å². The maximum Gasteiger partial charge on any atom is 0.123 e. The number of nitrogens with one attached hydrogen (secondary N) is 1. The molecule has 0 heterocycles. The van der Waals surface area contributed by atoms with Gasteiger partial charge in [-0.15, -0.1) is 0 Å². The van der Waals surface area contributed by atoms with Gasteiger partial charge in [0.1, 0.15) is 5.82 Å². The summed E-state index contributed by atoms with van der Waals surface area (Å²) in [4.78, 5) is 0. The third-order valence-electron chi connectivity index (χ3n) is 3.65. The fraction of sp³-hybridized carbons (Fsp3) is 0.250. The quantitative estimate of drug-likeness (QED) is 0.883. The van der Waals surface area contributed by atoms with E-state index in [-0.39, 0.29) is 5.82 Å². The highest BCUT2D eigenvalue weighted by Gasteiger charge is 2.21. The third-order valence-corrected chi connectivity index (χ3v) is 3.88. The van der Waals surface area contributed by atoms with Crippen LogP contribution in [0.25, 0.3) is 0 Å². The van der Waals surface area contributed by atoms with Gasteiger partial charge in [-0.3, -0.25) is 0 Å². The topological polar surface area (TPSA) is 12.0 Å². The fourth-order valence-electron chi connectivity index (χ4n) is 2.64. The van der Waals surface area contributed by atoms with Crippen LogP contribution in [0.1, 0.15) is 29.2 Å². The van der Waals surface area contributed by atoms with Crippen molar-refractivity contribution in [3.63, 3.8) is 0 Å². The van der Waals surface area contributed by atoms with Gasteiger partial charge < -0.3 is 5.32 Å². The summed E-state index contributed by atoms with van der Waals surface area (Å²) in [5.74, 6) is -0.190. The number of halogens is 2. The van der Waals surface area contributed by atoms with Crippen LogP contribution in [0.2, 0.25) is 5.02 Å². The van der Waals surface area contributed by atoms with E-state index in [1.54, 1.807) is 0 Å². The average Bonchev–Trinajstić information content (AvgIpc) is 2.80. The summed E-state index contributed by atoms with van der Waals surface area (Å²) < 4.78 is 12.8. The van der Waals surface area contributed by atoms with Gasteiger partial charge in [-0.05, 0) is 53.8 Å². The minimum absolute atomic E-state index is 0.190. The maximum absolute atomic E-state index is 12.8. The molecule has 1 atom stereocenters. The molecule has 0 spiro atoms. The molecule has 2 aromatic carbocycles. The first-order valence-corrected chi connectivity index (χ1v) is 6.86. The molecule has 1 nitrogen and oxygen atoms in total. The first-order chi connectivity index (χ1) is 9.22. The second kappa shape index (κ2) is 5.32. The summed E-state index contributed by atoms with van der Waals surface area (Å²) >= 11 is 6.00. The van der Waals surface area contributed by atoms with Crippen LogP contribution in [0, 0.1) is 5.82 Å². The molecule has 0 fully saturated rings. The molecular formula is C16H15ClFN. The molecule has 0 aromatic heterocycles. The van der Waals surface area contributed by atoms with Gasteiger partial charge >= 0.3 is 0 Å². The highest BCUT2D eigenvalue weighted by Crippen LogP contribution is 2.32. The summed E-state index contributed by atoms with van der Waals surface area (Å²) in [6, 6.07) is 13.1. The molecule has 3 heteroatoms. The smallest absolute Gasteiger partial charge is 0.123 e.